The van der Waals surface area contributed by atoms with Gasteiger partial charge < -0.3 is 10.0 Å². The number of rotatable bonds is 2. The van der Waals surface area contributed by atoms with Crippen molar-refractivity contribution >= 4 is 18.3 Å². The molecule has 0 fully saturated rings. The maximum Gasteiger partial charge on any atom is 0.492 e. The molecule has 1 aromatic carbocycles. The molecule has 0 saturated heterocycles. The Labute approximate surface area is 98.2 Å². The van der Waals surface area contributed by atoms with Crippen LogP contribution in [0.25, 0.3) is 0 Å². The van der Waals surface area contributed by atoms with E-state index in [0.717, 1.165) is 12.1 Å². The number of nitro benzene ring substituents is 1. The van der Waals surface area contributed by atoms with Crippen LogP contribution in [0.2, 0.25) is 0 Å². The van der Waals surface area contributed by atoms with E-state index in [-0.39, 0.29) is 11.3 Å². The fourth-order valence-electron chi connectivity index (χ4n) is 1.78. The SMILES string of the molecule is CC(C)(C)c1c([N+](=O)[O-])ccc(F)c1B(O)O. The molecule has 0 amide bonds. The summed E-state index contributed by atoms with van der Waals surface area (Å²) in [5, 5.41) is 29.2. The predicted octanol–water partition coefficient (Wildman–Crippen LogP) is 0.711. The lowest BCUT2D eigenvalue weighted by molar-refractivity contribution is -0.385. The van der Waals surface area contributed by atoms with Crippen molar-refractivity contribution in [2.45, 2.75) is 26.2 Å². The number of benzene rings is 1. The molecule has 0 spiro atoms. The second-order valence-electron chi connectivity index (χ2n) is 4.74. The third kappa shape index (κ3) is 2.62. The van der Waals surface area contributed by atoms with Crippen LogP contribution in [0.4, 0.5) is 10.1 Å². The van der Waals surface area contributed by atoms with E-state index in [2.05, 4.69) is 0 Å². The van der Waals surface area contributed by atoms with Crippen molar-refractivity contribution in [2.24, 2.45) is 0 Å². The van der Waals surface area contributed by atoms with Gasteiger partial charge in [-0.3, -0.25) is 10.1 Å². The first kappa shape index (κ1) is 13.6. The van der Waals surface area contributed by atoms with Gasteiger partial charge in [0, 0.05) is 17.1 Å². The number of nitro groups is 1. The van der Waals surface area contributed by atoms with Gasteiger partial charge in [0.25, 0.3) is 5.69 Å². The van der Waals surface area contributed by atoms with E-state index in [1.165, 1.54) is 0 Å². The van der Waals surface area contributed by atoms with Gasteiger partial charge in [-0.1, -0.05) is 20.8 Å². The van der Waals surface area contributed by atoms with Crippen molar-refractivity contribution in [1.82, 2.24) is 0 Å². The fourth-order valence-corrected chi connectivity index (χ4v) is 1.78. The van der Waals surface area contributed by atoms with Gasteiger partial charge in [-0.2, -0.15) is 0 Å². The standard InChI is InChI=1S/C10H13BFNO4/c1-10(2,3)8-7(13(16)17)5-4-6(12)9(8)11(14)15/h4-5,14-15H,1-3H3. The Kier molecular flexibility index (Phi) is 3.54. The molecule has 5 nitrogen and oxygen atoms in total. The van der Waals surface area contributed by atoms with Gasteiger partial charge in [0.1, 0.15) is 5.82 Å². The van der Waals surface area contributed by atoms with Crippen molar-refractivity contribution in [2.75, 3.05) is 0 Å². The summed E-state index contributed by atoms with van der Waals surface area (Å²) in [6, 6.07) is 1.89. The predicted molar refractivity (Wildman–Crippen MR) is 61.6 cm³/mol. The summed E-state index contributed by atoms with van der Waals surface area (Å²) in [7, 11) is -2.08. The fraction of sp³-hybridized carbons (Fsp3) is 0.400. The molecule has 1 rings (SSSR count). The second kappa shape index (κ2) is 4.42. The van der Waals surface area contributed by atoms with E-state index in [1.54, 1.807) is 20.8 Å². The summed E-state index contributed by atoms with van der Waals surface area (Å²) in [4.78, 5) is 10.2. The maximum atomic E-state index is 13.5. The van der Waals surface area contributed by atoms with Crippen molar-refractivity contribution in [3.63, 3.8) is 0 Å². The van der Waals surface area contributed by atoms with Crippen LogP contribution in [-0.4, -0.2) is 22.1 Å². The zero-order valence-corrected chi connectivity index (χ0v) is 9.77. The molecule has 92 valence electrons. The van der Waals surface area contributed by atoms with Gasteiger partial charge in [0.2, 0.25) is 0 Å². The van der Waals surface area contributed by atoms with Gasteiger partial charge in [-0.25, -0.2) is 4.39 Å². The number of halogens is 1. The van der Waals surface area contributed by atoms with Crippen molar-refractivity contribution in [3.05, 3.63) is 33.6 Å². The molecule has 0 unspecified atom stereocenters. The van der Waals surface area contributed by atoms with Crippen LogP contribution in [0.1, 0.15) is 26.3 Å². The highest BCUT2D eigenvalue weighted by Gasteiger charge is 2.34. The van der Waals surface area contributed by atoms with E-state index in [1.807, 2.05) is 0 Å². The Morgan fingerprint density at radius 1 is 1.35 bits per heavy atom. The molecule has 0 bridgehead atoms. The second-order valence-corrected chi connectivity index (χ2v) is 4.74. The van der Waals surface area contributed by atoms with E-state index in [0.29, 0.717) is 0 Å². The molecule has 17 heavy (non-hydrogen) atoms. The van der Waals surface area contributed by atoms with Crippen LogP contribution < -0.4 is 5.46 Å². The Balaban J connectivity index is 3.68. The molecule has 2 N–H and O–H groups in total. The number of hydrogen-bond acceptors (Lipinski definition) is 4. The van der Waals surface area contributed by atoms with Crippen molar-refractivity contribution < 1.29 is 19.4 Å². The highest BCUT2D eigenvalue weighted by atomic mass is 19.1. The maximum absolute atomic E-state index is 13.5. The van der Waals surface area contributed by atoms with Gasteiger partial charge in [0.05, 0.1) is 4.92 Å². The normalized spacial score (nSPS) is 11.4. The summed E-state index contributed by atoms with van der Waals surface area (Å²) >= 11 is 0. The lowest BCUT2D eigenvalue weighted by Gasteiger charge is -2.22. The average Bonchev–Trinajstić information content (AvgIpc) is 2.14. The molecule has 0 aliphatic rings. The molecule has 0 aliphatic heterocycles. The minimum absolute atomic E-state index is 0.00231. The van der Waals surface area contributed by atoms with E-state index < -0.39 is 28.7 Å². The topological polar surface area (TPSA) is 83.6 Å². The molecule has 0 atom stereocenters. The lowest BCUT2D eigenvalue weighted by atomic mass is 9.69. The van der Waals surface area contributed by atoms with Gasteiger partial charge in [-0.05, 0) is 11.5 Å². The van der Waals surface area contributed by atoms with Crippen LogP contribution in [0.3, 0.4) is 0 Å². The highest BCUT2D eigenvalue weighted by Crippen LogP contribution is 2.30. The molecule has 1 aromatic rings. The third-order valence-electron chi connectivity index (χ3n) is 2.38. The molecule has 7 heteroatoms. The molecule has 0 aromatic heterocycles. The third-order valence-corrected chi connectivity index (χ3v) is 2.38. The first-order valence-electron chi connectivity index (χ1n) is 4.99. The molecule has 0 heterocycles. The van der Waals surface area contributed by atoms with E-state index in [9.17, 15) is 14.5 Å². The summed E-state index contributed by atoms with van der Waals surface area (Å²) in [5.41, 5.74) is -1.53. The summed E-state index contributed by atoms with van der Waals surface area (Å²) in [6.45, 7) is 4.92. The Hall–Kier alpha value is -1.47. The monoisotopic (exact) mass is 241 g/mol. The first-order chi connectivity index (χ1) is 7.66. The number of nitrogens with zero attached hydrogens (tertiary/aromatic N) is 1. The van der Waals surface area contributed by atoms with E-state index in [4.69, 9.17) is 10.0 Å². The largest absolute Gasteiger partial charge is 0.492 e. The molecule has 0 saturated carbocycles. The quantitative estimate of drug-likeness (QED) is 0.453. The van der Waals surface area contributed by atoms with Gasteiger partial charge >= 0.3 is 7.12 Å². The Bertz CT molecular complexity index is 456. The van der Waals surface area contributed by atoms with Crippen molar-refractivity contribution in [1.29, 1.82) is 0 Å². The minimum atomic E-state index is -2.08. The first-order valence-corrected chi connectivity index (χ1v) is 4.99. The smallest absolute Gasteiger partial charge is 0.423 e. The summed E-state index contributed by atoms with van der Waals surface area (Å²) < 4.78 is 13.5. The summed E-state index contributed by atoms with van der Waals surface area (Å²) in [6.07, 6.45) is 0. The van der Waals surface area contributed by atoms with Crippen LogP contribution >= 0.6 is 0 Å². The van der Waals surface area contributed by atoms with Crippen LogP contribution in [0, 0.1) is 15.9 Å². The van der Waals surface area contributed by atoms with Crippen molar-refractivity contribution in [3.8, 4) is 0 Å². The molecule has 0 radical (unpaired) electrons. The molecular weight excluding hydrogens is 228 g/mol. The average molecular weight is 241 g/mol. The molecular formula is C10H13BFNO4. The lowest BCUT2D eigenvalue weighted by Crippen LogP contribution is -2.40. The number of hydrogen-bond donors (Lipinski definition) is 2. The molecule has 0 aliphatic carbocycles. The van der Waals surface area contributed by atoms with Gasteiger partial charge in [0.15, 0.2) is 0 Å². The summed E-state index contributed by atoms with van der Waals surface area (Å²) in [5.74, 6) is -0.865. The van der Waals surface area contributed by atoms with E-state index >= 15 is 0 Å². The van der Waals surface area contributed by atoms with Crippen LogP contribution in [0.5, 0.6) is 0 Å². The zero-order valence-electron chi connectivity index (χ0n) is 9.77. The van der Waals surface area contributed by atoms with Crippen LogP contribution in [0.15, 0.2) is 12.1 Å². The Morgan fingerprint density at radius 2 is 1.88 bits per heavy atom. The van der Waals surface area contributed by atoms with Gasteiger partial charge in [-0.15, -0.1) is 0 Å². The zero-order chi connectivity index (χ0) is 13.4. The Morgan fingerprint density at radius 3 is 2.24 bits per heavy atom. The van der Waals surface area contributed by atoms with Crippen LogP contribution in [-0.2, 0) is 5.41 Å². The minimum Gasteiger partial charge on any atom is -0.423 e. The highest BCUT2D eigenvalue weighted by molar-refractivity contribution is 6.59.